The van der Waals surface area contributed by atoms with Crippen molar-refractivity contribution < 1.29 is 4.42 Å². The molecule has 0 spiro atoms. The monoisotopic (exact) mass is 265 g/mol. The van der Waals surface area contributed by atoms with Crippen LogP contribution in [-0.2, 0) is 12.3 Å². The molecule has 0 bridgehead atoms. The van der Waals surface area contributed by atoms with Crippen LogP contribution in [-0.4, -0.2) is 11.8 Å². The van der Waals surface area contributed by atoms with E-state index in [1.54, 1.807) is 0 Å². The summed E-state index contributed by atoms with van der Waals surface area (Å²) in [6.07, 6.45) is 8.46. The average molecular weight is 265 g/mol. The number of rotatable bonds is 7. The van der Waals surface area contributed by atoms with Gasteiger partial charge in [0, 0.05) is 6.04 Å². The Morgan fingerprint density at radius 3 is 2.67 bits per heavy atom. The van der Waals surface area contributed by atoms with Crippen molar-refractivity contribution in [3.8, 4) is 0 Å². The van der Waals surface area contributed by atoms with E-state index >= 15 is 0 Å². The zero-order chi connectivity index (χ0) is 12.2. The molecule has 0 atom stereocenters. The molecule has 1 heterocycles. The van der Waals surface area contributed by atoms with Gasteiger partial charge in [-0.2, -0.15) is 11.8 Å². The maximum Gasteiger partial charge on any atom is 0.118 e. The normalized spacial score (nSPS) is 20.7. The van der Waals surface area contributed by atoms with E-state index in [0.717, 1.165) is 35.8 Å². The molecule has 0 unspecified atom stereocenters. The molecule has 2 saturated carbocycles. The standard InChI is InChI=1S/C15H23NOS/c1-2-4-12(3-1)10-18-11-15-8-7-14(17-15)9-16-13-5-6-13/h7-8,12-13,16H,1-6,9-11H2. The molecule has 2 nitrogen and oxygen atoms in total. The van der Waals surface area contributed by atoms with Gasteiger partial charge in [-0.25, -0.2) is 0 Å². The van der Waals surface area contributed by atoms with Gasteiger partial charge in [0.25, 0.3) is 0 Å². The molecule has 0 radical (unpaired) electrons. The van der Waals surface area contributed by atoms with Crippen LogP contribution in [0.4, 0.5) is 0 Å². The number of hydrogen-bond donors (Lipinski definition) is 1. The van der Waals surface area contributed by atoms with Gasteiger partial charge in [0.2, 0.25) is 0 Å². The fraction of sp³-hybridized carbons (Fsp3) is 0.733. The average Bonchev–Trinajstić information content (AvgIpc) is 2.89. The Balaban J connectivity index is 1.36. The molecule has 2 aliphatic rings. The predicted molar refractivity (Wildman–Crippen MR) is 76.7 cm³/mol. The van der Waals surface area contributed by atoms with Crippen LogP contribution in [0.2, 0.25) is 0 Å². The summed E-state index contributed by atoms with van der Waals surface area (Å²) in [5.41, 5.74) is 0. The Hall–Kier alpha value is -0.410. The minimum Gasteiger partial charge on any atom is -0.464 e. The van der Waals surface area contributed by atoms with Crippen molar-refractivity contribution in [2.45, 2.75) is 56.9 Å². The van der Waals surface area contributed by atoms with Gasteiger partial charge in [-0.3, -0.25) is 0 Å². The molecule has 1 aromatic rings. The molecular weight excluding hydrogens is 242 g/mol. The third-order valence-corrected chi connectivity index (χ3v) is 5.13. The summed E-state index contributed by atoms with van der Waals surface area (Å²) in [6, 6.07) is 5.03. The van der Waals surface area contributed by atoms with Crippen molar-refractivity contribution in [2.75, 3.05) is 5.75 Å². The van der Waals surface area contributed by atoms with Crippen LogP contribution in [0, 0.1) is 5.92 Å². The van der Waals surface area contributed by atoms with Crippen LogP contribution >= 0.6 is 11.8 Å². The summed E-state index contributed by atoms with van der Waals surface area (Å²) in [6.45, 7) is 0.901. The minimum atomic E-state index is 0.760. The van der Waals surface area contributed by atoms with Gasteiger partial charge in [0.15, 0.2) is 0 Å². The Bertz CT molecular complexity index is 366. The van der Waals surface area contributed by atoms with Crippen molar-refractivity contribution in [2.24, 2.45) is 5.92 Å². The molecule has 0 aromatic carbocycles. The Labute approximate surface area is 114 Å². The molecule has 0 aliphatic heterocycles. The topological polar surface area (TPSA) is 25.2 Å². The molecule has 0 saturated heterocycles. The van der Waals surface area contributed by atoms with E-state index in [4.69, 9.17) is 4.42 Å². The van der Waals surface area contributed by atoms with E-state index in [2.05, 4.69) is 17.4 Å². The molecule has 3 rings (SSSR count). The zero-order valence-electron chi connectivity index (χ0n) is 11.0. The first-order valence-electron chi connectivity index (χ1n) is 7.29. The SMILES string of the molecule is c1cc(CSCC2CCCC2)oc1CNC1CC1. The maximum atomic E-state index is 5.84. The molecule has 3 heteroatoms. The second-order valence-electron chi connectivity index (χ2n) is 5.69. The van der Waals surface area contributed by atoms with Gasteiger partial charge >= 0.3 is 0 Å². The van der Waals surface area contributed by atoms with Gasteiger partial charge in [-0.15, -0.1) is 0 Å². The predicted octanol–water partition coefficient (Wildman–Crippen LogP) is 3.96. The van der Waals surface area contributed by atoms with Crippen LogP contribution in [0.5, 0.6) is 0 Å². The zero-order valence-corrected chi connectivity index (χ0v) is 11.8. The van der Waals surface area contributed by atoms with E-state index < -0.39 is 0 Å². The summed E-state index contributed by atoms with van der Waals surface area (Å²) in [5, 5.41) is 3.49. The number of thioether (sulfide) groups is 1. The summed E-state index contributed by atoms with van der Waals surface area (Å²) in [7, 11) is 0. The fourth-order valence-corrected chi connectivity index (χ4v) is 3.77. The highest BCUT2D eigenvalue weighted by molar-refractivity contribution is 7.98. The maximum absolute atomic E-state index is 5.84. The van der Waals surface area contributed by atoms with Crippen molar-refractivity contribution >= 4 is 11.8 Å². The molecule has 2 fully saturated rings. The van der Waals surface area contributed by atoms with Crippen molar-refractivity contribution in [3.05, 3.63) is 23.7 Å². The second-order valence-corrected chi connectivity index (χ2v) is 6.72. The van der Waals surface area contributed by atoms with E-state index in [1.807, 2.05) is 11.8 Å². The Morgan fingerprint density at radius 2 is 1.89 bits per heavy atom. The van der Waals surface area contributed by atoms with Crippen LogP contribution in [0.25, 0.3) is 0 Å². The van der Waals surface area contributed by atoms with Crippen molar-refractivity contribution in [3.63, 3.8) is 0 Å². The number of hydrogen-bond acceptors (Lipinski definition) is 3. The first-order valence-corrected chi connectivity index (χ1v) is 8.44. The van der Waals surface area contributed by atoms with Crippen molar-refractivity contribution in [1.82, 2.24) is 5.32 Å². The summed E-state index contributed by atoms with van der Waals surface area (Å²) < 4.78 is 5.84. The summed E-state index contributed by atoms with van der Waals surface area (Å²) in [4.78, 5) is 0. The van der Waals surface area contributed by atoms with Gasteiger partial charge < -0.3 is 9.73 Å². The van der Waals surface area contributed by atoms with Crippen molar-refractivity contribution in [1.29, 1.82) is 0 Å². The van der Waals surface area contributed by atoms with Crippen LogP contribution < -0.4 is 5.32 Å². The highest BCUT2D eigenvalue weighted by Gasteiger charge is 2.20. The lowest BCUT2D eigenvalue weighted by Crippen LogP contribution is -2.14. The van der Waals surface area contributed by atoms with E-state index in [-0.39, 0.29) is 0 Å². The van der Waals surface area contributed by atoms with Gasteiger partial charge in [0.1, 0.15) is 11.5 Å². The third-order valence-electron chi connectivity index (χ3n) is 3.93. The number of furan rings is 1. The summed E-state index contributed by atoms with van der Waals surface area (Å²) in [5.74, 6) is 5.57. The van der Waals surface area contributed by atoms with Crippen LogP contribution in [0.3, 0.4) is 0 Å². The van der Waals surface area contributed by atoms with E-state index in [0.29, 0.717) is 0 Å². The second kappa shape index (κ2) is 6.16. The lowest BCUT2D eigenvalue weighted by Gasteiger charge is -2.06. The third kappa shape index (κ3) is 3.79. The minimum absolute atomic E-state index is 0.760. The highest BCUT2D eigenvalue weighted by Crippen LogP contribution is 2.29. The first kappa shape index (κ1) is 12.6. The molecule has 0 amide bonds. The van der Waals surface area contributed by atoms with Crippen LogP contribution in [0.1, 0.15) is 50.0 Å². The number of nitrogens with one attached hydrogen (secondary N) is 1. The van der Waals surface area contributed by atoms with E-state index in [1.165, 1.54) is 44.3 Å². The van der Waals surface area contributed by atoms with Crippen LogP contribution in [0.15, 0.2) is 16.5 Å². The summed E-state index contributed by atoms with van der Waals surface area (Å²) >= 11 is 2.04. The van der Waals surface area contributed by atoms with E-state index in [9.17, 15) is 0 Å². The molecule has 100 valence electrons. The molecule has 1 aromatic heterocycles. The smallest absolute Gasteiger partial charge is 0.118 e. The Kier molecular flexibility index (Phi) is 4.32. The molecule has 1 N–H and O–H groups in total. The first-order chi connectivity index (χ1) is 8.90. The van der Waals surface area contributed by atoms with Gasteiger partial charge in [0.05, 0.1) is 12.3 Å². The largest absolute Gasteiger partial charge is 0.464 e. The Morgan fingerprint density at radius 1 is 1.11 bits per heavy atom. The lowest BCUT2D eigenvalue weighted by molar-refractivity contribution is 0.458. The quantitative estimate of drug-likeness (QED) is 0.808. The molecular formula is C15H23NOS. The molecule has 2 aliphatic carbocycles. The lowest BCUT2D eigenvalue weighted by atomic mass is 10.1. The van der Waals surface area contributed by atoms with Gasteiger partial charge in [-0.1, -0.05) is 12.8 Å². The molecule has 18 heavy (non-hydrogen) atoms. The fourth-order valence-electron chi connectivity index (χ4n) is 2.63. The highest BCUT2D eigenvalue weighted by atomic mass is 32.2. The van der Waals surface area contributed by atoms with Gasteiger partial charge in [-0.05, 0) is 49.5 Å².